The highest BCUT2D eigenvalue weighted by atomic mass is 19.1. The molecule has 0 radical (unpaired) electrons. The van der Waals surface area contributed by atoms with Gasteiger partial charge in [-0.1, -0.05) is 25.5 Å². The van der Waals surface area contributed by atoms with E-state index in [4.69, 9.17) is 0 Å². The van der Waals surface area contributed by atoms with Gasteiger partial charge in [0.25, 0.3) is 0 Å². The zero-order valence-electron chi connectivity index (χ0n) is 9.38. The van der Waals surface area contributed by atoms with Crippen molar-refractivity contribution in [1.29, 1.82) is 0 Å². The Balaban J connectivity index is 1.98. The molecule has 0 N–H and O–H groups in total. The maximum Gasteiger partial charge on any atom is 0.123 e. The number of hydrogen-bond donors (Lipinski definition) is 0. The van der Waals surface area contributed by atoms with Gasteiger partial charge in [0.05, 0.1) is 0 Å². The van der Waals surface area contributed by atoms with Crippen molar-refractivity contribution in [3.05, 3.63) is 35.6 Å². The Morgan fingerprint density at radius 1 is 1.07 bits per heavy atom. The molecule has 1 aliphatic carbocycles. The first kappa shape index (κ1) is 10.7. The van der Waals surface area contributed by atoms with Crippen molar-refractivity contribution < 1.29 is 4.39 Å². The summed E-state index contributed by atoms with van der Waals surface area (Å²) in [6.07, 6.45) is 6.57. The molecule has 0 saturated heterocycles. The van der Waals surface area contributed by atoms with Gasteiger partial charge in [-0.25, -0.2) is 4.39 Å². The summed E-state index contributed by atoms with van der Waals surface area (Å²) < 4.78 is 12.8. The number of halogens is 1. The predicted octanol–water partition coefficient (Wildman–Crippen LogP) is 4.51. The topological polar surface area (TPSA) is 0 Å². The van der Waals surface area contributed by atoms with Crippen molar-refractivity contribution in [1.82, 2.24) is 0 Å². The van der Waals surface area contributed by atoms with E-state index in [0.717, 1.165) is 5.92 Å². The van der Waals surface area contributed by atoms with Crippen LogP contribution in [0.1, 0.15) is 50.5 Å². The molecule has 1 aromatic rings. The summed E-state index contributed by atoms with van der Waals surface area (Å²) in [6.45, 7) is 2.28. The summed E-state index contributed by atoms with van der Waals surface area (Å²) in [5, 5.41) is 0. The Bertz CT molecular complexity index is 294. The van der Waals surface area contributed by atoms with Gasteiger partial charge in [-0.2, -0.15) is 0 Å². The van der Waals surface area contributed by atoms with Gasteiger partial charge in [-0.05, 0) is 55.2 Å². The number of rotatable bonds is 2. The van der Waals surface area contributed by atoms with Crippen LogP contribution in [0.15, 0.2) is 24.3 Å². The van der Waals surface area contributed by atoms with Crippen LogP contribution in [0.25, 0.3) is 0 Å². The highest BCUT2D eigenvalue weighted by Crippen LogP contribution is 2.36. The molecule has 1 aromatic carbocycles. The van der Waals surface area contributed by atoms with Gasteiger partial charge in [0.2, 0.25) is 0 Å². The molecule has 82 valence electrons. The minimum atomic E-state index is -0.124. The quantitative estimate of drug-likeness (QED) is 0.668. The van der Waals surface area contributed by atoms with Crippen LogP contribution < -0.4 is 0 Å². The van der Waals surface area contributed by atoms with Gasteiger partial charge in [-0.3, -0.25) is 0 Å². The van der Waals surface area contributed by atoms with E-state index in [-0.39, 0.29) is 5.82 Å². The molecule has 1 saturated carbocycles. The molecule has 0 aliphatic heterocycles. The lowest BCUT2D eigenvalue weighted by atomic mass is 9.78. The first-order valence-corrected chi connectivity index (χ1v) is 6.05. The summed E-state index contributed by atoms with van der Waals surface area (Å²) in [7, 11) is 0. The Morgan fingerprint density at radius 2 is 1.67 bits per heavy atom. The second-order valence-electron chi connectivity index (χ2n) is 4.68. The molecule has 0 aromatic heterocycles. The zero-order chi connectivity index (χ0) is 10.7. The summed E-state index contributed by atoms with van der Waals surface area (Å²) in [5.74, 6) is 1.48. The van der Waals surface area contributed by atoms with Crippen molar-refractivity contribution >= 4 is 0 Å². The average Bonchev–Trinajstić information content (AvgIpc) is 2.30. The Hall–Kier alpha value is -0.850. The third-order valence-corrected chi connectivity index (χ3v) is 3.77. The van der Waals surface area contributed by atoms with Crippen molar-refractivity contribution in [2.24, 2.45) is 5.92 Å². The van der Waals surface area contributed by atoms with Crippen molar-refractivity contribution in [3.8, 4) is 0 Å². The molecule has 1 heteroatoms. The molecule has 0 unspecified atom stereocenters. The van der Waals surface area contributed by atoms with E-state index in [1.165, 1.54) is 37.7 Å². The molecule has 0 atom stereocenters. The molecule has 0 bridgehead atoms. The van der Waals surface area contributed by atoms with Gasteiger partial charge in [0.1, 0.15) is 5.82 Å². The lowest BCUT2D eigenvalue weighted by Crippen LogP contribution is -2.12. The second-order valence-corrected chi connectivity index (χ2v) is 4.68. The minimum absolute atomic E-state index is 0.124. The predicted molar refractivity (Wildman–Crippen MR) is 61.4 cm³/mol. The van der Waals surface area contributed by atoms with Crippen LogP contribution in [0.3, 0.4) is 0 Å². The van der Waals surface area contributed by atoms with Crippen molar-refractivity contribution in [2.75, 3.05) is 0 Å². The van der Waals surface area contributed by atoms with E-state index in [0.29, 0.717) is 5.92 Å². The molecule has 15 heavy (non-hydrogen) atoms. The lowest BCUT2D eigenvalue weighted by Gasteiger charge is -2.28. The summed E-state index contributed by atoms with van der Waals surface area (Å²) in [4.78, 5) is 0. The molecule has 1 aliphatic rings. The zero-order valence-corrected chi connectivity index (χ0v) is 9.38. The van der Waals surface area contributed by atoms with Gasteiger partial charge in [-0.15, -0.1) is 0 Å². The average molecular weight is 206 g/mol. The first-order valence-electron chi connectivity index (χ1n) is 6.05. The van der Waals surface area contributed by atoms with E-state index >= 15 is 0 Å². The fourth-order valence-electron chi connectivity index (χ4n) is 2.64. The van der Waals surface area contributed by atoms with E-state index in [2.05, 4.69) is 6.92 Å². The highest BCUT2D eigenvalue weighted by Gasteiger charge is 2.20. The second kappa shape index (κ2) is 4.78. The maximum atomic E-state index is 12.8. The monoisotopic (exact) mass is 206 g/mol. The standard InChI is InChI=1S/C14H19F/c1-2-11-3-5-12(6-4-11)13-7-9-14(15)10-8-13/h7-12H,2-6H2,1H3. The van der Waals surface area contributed by atoms with Crippen LogP contribution in [-0.2, 0) is 0 Å². The Kier molecular flexibility index (Phi) is 3.40. The van der Waals surface area contributed by atoms with Crippen LogP contribution in [0.2, 0.25) is 0 Å². The number of hydrogen-bond acceptors (Lipinski definition) is 0. The Labute approximate surface area is 91.5 Å². The molecule has 2 rings (SSSR count). The van der Waals surface area contributed by atoms with Crippen molar-refractivity contribution in [2.45, 2.75) is 44.9 Å². The summed E-state index contributed by atoms with van der Waals surface area (Å²) >= 11 is 0. The van der Waals surface area contributed by atoms with E-state index in [9.17, 15) is 4.39 Å². The van der Waals surface area contributed by atoms with Gasteiger partial charge in [0, 0.05) is 0 Å². The largest absolute Gasteiger partial charge is 0.207 e. The fraction of sp³-hybridized carbons (Fsp3) is 0.571. The van der Waals surface area contributed by atoms with Gasteiger partial charge >= 0.3 is 0 Å². The van der Waals surface area contributed by atoms with E-state index in [1.807, 2.05) is 12.1 Å². The Morgan fingerprint density at radius 3 is 2.20 bits per heavy atom. The van der Waals surface area contributed by atoms with Crippen molar-refractivity contribution in [3.63, 3.8) is 0 Å². The van der Waals surface area contributed by atoms with Gasteiger partial charge < -0.3 is 0 Å². The van der Waals surface area contributed by atoms with Crippen LogP contribution in [0, 0.1) is 11.7 Å². The van der Waals surface area contributed by atoms with Crippen LogP contribution in [0.4, 0.5) is 4.39 Å². The molecule has 0 nitrogen and oxygen atoms in total. The highest BCUT2D eigenvalue weighted by molar-refractivity contribution is 5.20. The van der Waals surface area contributed by atoms with Crippen LogP contribution >= 0.6 is 0 Å². The number of benzene rings is 1. The van der Waals surface area contributed by atoms with Crippen LogP contribution in [-0.4, -0.2) is 0 Å². The third kappa shape index (κ3) is 2.58. The molecular weight excluding hydrogens is 187 g/mol. The molecule has 0 amide bonds. The summed E-state index contributed by atoms with van der Waals surface area (Å²) in [6, 6.07) is 7.07. The normalized spacial score (nSPS) is 26.5. The molecular formula is C14H19F. The fourth-order valence-corrected chi connectivity index (χ4v) is 2.64. The SMILES string of the molecule is CCC1CCC(c2ccc(F)cc2)CC1. The third-order valence-electron chi connectivity index (χ3n) is 3.77. The minimum Gasteiger partial charge on any atom is -0.207 e. The van der Waals surface area contributed by atoms with Gasteiger partial charge in [0.15, 0.2) is 0 Å². The first-order chi connectivity index (χ1) is 7.29. The molecule has 0 spiro atoms. The molecule has 0 heterocycles. The maximum absolute atomic E-state index is 12.8. The smallest absolute Gasteiger partial charge is 0.123 e. The lowest BCUT2D eigenvalue weighted by molar-refractivity contribution is 0.318. The molecule has 1 fully saturated rings. The van der Waals surface area contributed by atoms with Crippen LogP contribution in [0.5, 0.6) is 0 Å². The van der Waals surface area contributed by atoms with E-state index in [1.54, 1.807) is 12.1 Å². The summed E-state index contributed by atoms with van der Waals surface area (Å²) in [5.41, 5.74) is 1.32. The van der Waals surface area contributed by atoms with E-state index < -0.39 is 0 Å².